The molecule has 18 heavy (non-hydrogen) atoms. The smallest absolute Gasteiger partial charge is 0.268 e. The van der Waals surface area contributed by atoms with Gasteiger partial charge in [-0.05, 0) is 42.7 Å². The Kier molecular flexibility index (Phi) is 3.75. The van der Waals surface area contributed by atoms with Gasteiger partial charge in [0.1, 0.15) is 0 Å². The van der Waals surface area contributed by atoms with Crippen molar-refractivity contribution in [3.63, 3.8) is 0 Å². The monoisotopic (exact) mass is 285 g/mol. The van der Waals surface area contributed by atoms with Crippen LogP contribution in [0.5, 0.6) is 0 Å². The molecule has 0 aromatic carbocycles. The topological polar surface area (TPSA) is 64.9 Å². The molecule has 1 saturated carbocycles. The Morgan fingerprint density at radius 3 is 2.89 bits per heavy atom. The molecule has 98 valence electrons. The Hall–Kier alpha value is -0.910. The molecule has 0 spiro atoms. The molecule has 2 aromatic rings. The molecule has 1 fully saturated rings. The fraction of sp³-hybridized carbons (Fsp3) is 0.500. The van der Waals surface area contributed by atoms with Crippen molar-refractivity contribution in [1.29, 1.82) is 0 Å². The van der Waals surface area contributed by atoms with Crippen LogP contribution in [-0.4, -0.2) is 10.1 Å². The zero-order valence-electron chi connectivity index (χ0n) is 10.2. The number of aryl methyl sites for hydroxylation is 1. The number of aromatic nitrogens is 2. The molecule has 4 nitrogen and oxygen atoms in total. The summed E-state index contributed by atoms with van der Waals surface area (Å²) in [5.74, 6) is 1.28. The van der Waals surface area contributed by atoms with Gasteiger partial charge < -0.3 is 10.3 Å². The maximum atomic E-state index is 6.18. The first-order chi connectivity index (χ1) is 8.23. The Morgan fingerprint density at radius 2 is 2.28 bits per heavy atom. The van der Waals surface area contributed by atoms with Crippen LogP contribution in [0.3, 0.4) is 0 Å². The van der Waals surface area contributed by atoms with E-state index in [-0.39, 0.29) is 17.9 Å². The zero-order valence-corrected chi connectivity index (χ0v) is 11.8. The third-order valence-corrected chi connectivity index (χ3v) is 4.38. The van der Waals surface area contributed by atoms with E-state index in [1.165, 1.54) is 5.56 Å². The SMILES string of the molecule is CCc1ccsc1-c1nc(C2(N)CCC2)no1.Cl. The number of rotatable bonds is 3. The normalized spacial score (nSPS) is 17.0. The summed E-state index contributed by atoms with van der Waals surface area (Å²) < 4.78 is 5.34. The number of nitrogens with zero attached hydrogens (tertiary/aromatic N) is 2. The Labute approximate surface area is 116 Å². The average molecular weight is 286 g/mol. The lowest BCUT2D eigenvalue weighted by Gasteiger charge is -2.34. The molecule has 2 heterocycles. The van der Waals surface area contributed by atoms with Crippen LogP contribution in [0.2, 0.25) is 0 Å². The molecule has 0 amide bonds. The van der Waals surface area contributed by atoms with Crippen molar-refractivity contribution in [2.24, 2.45) is 5.73 Å². The van der Waals surface area contributed by atoms with E-state index in [2.05, 4.69) is 28.5 Å². The van der Waals surface area contributed by atoms with E-state index >= 15 is 0 Å². The lowest BCUT2D eigenvalue weighted by molar-refractivity contribution is 0.229. The number of hydrogen-bond donors (Lipinski definition) is 1. The summed E-state index contributed by atoms with van der Waals surface area (Å²) in [5.41, 5.74) is 7.09. The van der Waals surface area contributed by atoms with Crippen LogP contribution in [0.4, 0.5) is 0 Å². The molecule has 6 heteroatoms. The van der Waals surface area contributed by atoms with Crippen LogP contribution in [0.25, 0.3) is 10.8 Å². The Balaban J connectivity index is 0.00000120. The number of hydrogen-bond acceptors (Lipinski definition) is 5. The van der Waals surface area contributed by atoms with Crippen LogP contribution >= 0.6 is 23.7 Å². The minimum absolute atomic E-state index is 0. The summed E-state index contributed by atoms with van der Waals surface area (Å²) >= 11 is 1.64. The highest BCUT2D eigenvalue weighted by molar-refractivity contribution is 7.13. The summed E-state index contributed by atoms with van der Waals surface area (Å²) in [7, 11) is 0. The van der Waals surface area contributed by atoms with Crippen molar-refractivity contribution in [1.82, 2.24) is 10.1 Å². The average Bonchev–Trinajstić information content (AvgIpc) is 2.93. The molecule has 0 unspecified atom stereocenters. The third kappa shape index (κ3) is 2.06. The molecule has 2 aromatic heterocycles. The van der Waals surface area contributed by atoms with Gasteiger partial charge in [0.05, 0.1) is 10.4 Å². The fourth-order valence-corrected chi connectivity index (χ4v) is 3.02. The molecule has 0 atom stereocenters. The Morgan fingerprint density at radius 1 is 1.50 bits per heavy atom. The first-order valence-corrected chi connectivity index (χ1v) is 6.81. The van der Waals surface area contributed by atoms with Crippen molar-refractivity contribution in [3.8, 4) is 10.8 Å². The minimum atomic E-state index is -0.342. The quantitative estimate of drug-likeness (QED) is 0.941. The van der Waals surface area contributed by atoms with Crippen molar-refractivity contribution >= 4 is 23.7 Å². The molecule has 3 rings (SSSR count). The molecule has 0 aliphatic heterocycles. The second kappa shape index (κ2) is 4.99. The summed E-state index contributed by atoms with van der Waals surface area (Å²) in [6.45, 7) is 2.12. The highest BCUT2D eigenvalue weighted by Crippen LogP contribution is 2.38. The van der Waals surface area contributed by atoms with Gasteiger partial charge in [0.15, 0.2) is 5.82 Å². The van der Waals surface area contributed by atoms with Crippen LogP contribution < -0.4 is 5.73 Å². The molecule has 2 N–H and O–H groups in total. The van der Waals surface area contributed by atoms with Gasteiger partial charge in [0.2, 0.25) is 0 Å². The van der Waals surface area contributed by atoms with Gasteiger partial charge >= 0.3 is 0 Å². The molecule has 1 aliphatic rings. The molecule has 0 radical (unpaired) electrons. The van der Waals surface area contributed by atoms with E-state index < -0.39 is 0 Å². The van der Waals surface area contributed by atoms with Crippen molar-refractivity contribution in [2.75, 3.05) is 0 Å². The van der Waals surface area contributed by atoms with Crippen LogP contribution in [-0.2, 0) is 12.0 Å². The van der Waals surface area contributed by atoms with E-state index in [9.17, 15) is 0 Å². The van der Waals surface area contributed by atoms with E-state index in [0.29, 0.717) is 11.7 Å². The molecule has 0 bridgehead atoms. The summed E-state index contributed by atoms with van der Waals surface area (Å²) in [4.78, 5) is 5.54. The zero-order chi connectivity index (χ0) is 11.9. The predicted molar refractivity (Wildman–Crippen MR) is 74.0 cm³/mol. The van der Waals surface area contributed by atoms with Crippen LogP contribution in [0.15, 0.2) is 16.0 Å². The lowest BCUT2D eigenvalue weighted by atomic mass is 9.77. The summed E-state index contributed by atoms with van der Waals surface area (Å²) in [6, 6.07) is 2.10. The standard InChI is InChI=1S/C12H15N3OS.ClH/c1-2-8-4-7-17-9(8)10-14-11(15-16-10)12(13)5-3-6-12;/h4,7H,2-3,5-6,13H2,1H3;1H. The lowest BCUT2D eigenvalue weighted by Crippen LogP contribution is -2.44. The highest BCUT2D eigenvalue weighted by atomic mass is 35.5. The van der Waals surface area contributed by atoms with Gasteiger partial charge in [-0.2, -0.15) is 4.98 Å². The largest absolute Gasteiger partial charge is 0.333 e. The van der Waals surface area contributed by atoms with E-state index in [1.807, 2.05) is 0 Å². The van der Waals surface area contributed by atoms with Crippen LogP contribution in [0.1, 0.15) is 37.6 Å². The highest BCUT2D eigenvalue weighted by Gasteiger charge is 2.39. The molecule has 0 saturated heterocycles. The first kappa shape index (κ1) is 13.5. The molecule has 1 aliphatic carbocycles. The maximum Gasteiger partial charge on any atom is 0.268 e. The van der Waals surface area contributed by atoms with Crippen molar-refractivity contribution in [2.45, 2.75) is 38.1 Å². The fourth-order valence-electron chi connectivity index (χ4n) is 2.10. The van der Waals surface area contributed by atoms with Gasteiger partial charge in [-0.25, -0.2) is 0 Å². The summed E-state index contributed by atoms with van der Waals surface area (Å²) in [5, 5.41) is 6.09. The number of nitrogens with two attached hydrogens (primary N) is 1. The summed E-state index contributed by atoms with van der Waals surface area (Å²) in [6.07, 6.45) is 4.04. The minimum Gasteiger partial charge on any atom is -0.333 e. The first-order valence-electron chi connectivity index (χ1n) is 5.93. The van der Waals surface area contributed by atoms with Gasteiger partial charge in [0, 0.05) is 0 Å². The van der Waals surface area contributed by atoms with Crippen LogP contribution in [0, 0.1) is 0 Å². The van der Waals surface area contributed by atoms with E-state index in [4.69, 9.17) is 10.3 Å². The molecular weight excluding hydrogens is 270 g/mol. The number of halogens is 1. The molecular formula is C12H16ClN3OS. The van der Waals surface area contributed by atoms with E-state index in [1.54, 1.807) is 11.3 Å². The predicted octanol–water partition coefficient (Wildman–Crippen LogP) is 3.12. The van der Waals surface area contributed by atoms with Crippen molar-refractivity contribution in [3.05, 3.63) is 22.8 Å². The van der Waals surface area contributed by atoms with E-state index in [0.717, 1.165) is 30.6 Å². The van der Waals surface area contributed by atoms with Gasteiger partial charge in [-0.3, -0.25) is 0 Å². The second-order valence-electron chi connectivity index (χ2n) is 4.56. The van der Waals surface area contributed by atoms with Gasteiger partial charge in [0.25, 0.3) is 5.89 Å². The van der Waals surface area contributed by atoms with Gasteiger partial charge in [-0.1, -0.05) is 12.1 Å². The number of thiophene rings is 1. The maximum absolute atomic E-state index is 6.18. The van der Waals surface area contributed by atoms with Gasteiger partial charge in [-0.15, -0.1) is 23.7 Å². The van der Waals surface area contributed by atoms with Crippen molar-refractivity contribution < 1.29 is 4.52 Å². The Bertz CT molecular complexity index is 533. The second-order valence-corrected chi connectivity index (χ2v) is 5.48. The third-order valence-electron chi connectivity index (χ3n) is 3.44.